The predicted molar refractivity (Wildman–Crippen MR) is 105 cm³/mol. The van der Waals surface area contributed by atoms with Crippen molar-refractivity contribution in [3.63, 3.8) is 0 Å². The lowest BCUT2D eigenvalue weighted by atomic mass is 9.83. The second-order valence-corrected chi connectivity index (χ2v) is 7.88. The molecule has 2 aliphatic heterocycles. The molecule has 2 fully saturated rings. The van der Waals surface area contributed by atoms with Gasteiger partial charge in [0.2, 0.25) is 5.91 Å². The van der Waals surface area contributed by atoms with Crippen LogP contribution < -0.4 is 4.74 Å². The summed E-state index contributed by atoms with van der Waals surface area (Å²) in [7, 11) is 5.73. The number of fused-ring (bicyclic) bond motifs is 1. The van der Waals surface area contributed by atoms with Crippen LogP contribution in [-0.2, 0) is 4.79 Å². The van der Waals surface area contributed by atoms with E-state index >= 15 is 0 Å². The standard InChI is InChI=1S/C21H31N3O3/c1-22(2)11-5-12-24-19-10-13-23(15-17(19)8-9-20(24)25)21(26)16-6-4-7-18(14-16)27-3/h4,6-7,14,17,19H,5,8-13,15H2,1-3H3/t17-,19+/m1/s1. The van der Waals surface area contributed by atoms with Gasteiger partial charge in [0.25, 0.3) is 5.91 Å². The fourth-order valence-corrected chi connectivity index (χ4v) is 4.32. The molecule has 0 N–H and O–H groups in total. The number of likely N-dealkylation sites (tertiary alicyclic amines) is 2. The molecule has 27 heavy (non-hydrogen) atoms. The topological polar surface area (TPSA) is 53.1 Å². The lowest BCUT2D eigenvalue weighted by molar-refractivity contribution is -0.140. The van der Waals surface area contributed by atoms with Crippen molar-refractivity contribution < 1.29 is 14.3 Å². The summed E-state index contributed by atoms with van der Waals surface area (Å²) in [4.78, 5) is 31.6. The van der Waals surface area contributed by atoms with Crippen molar-refractivity contribution in [1.82, 2.24) is 14.7 Å². The molecular weight excluding hydrogens is 342 g/mol. The van der Waals surface area contributed by atoms with Crippen molar-refractivity contribution in [2.75, 3.05) is 47.4 Å². The molecule has 2 atom stereocenters. The number of carbonyl (C=O) groups excluding carboxylic acids is 2. The van der Waals surface area contributed by atoms with Crippen LogP contribution >= 0.6 is 0 Å². The minimum absolute atomic E-state index is 0.0587. The van der Waals surface area contributed by atoms with Gasteiger partial charge >= 0.3 is 0 Å². The highest BCUT2D eigenvalue weighted by Gasteiger charge is 2.40. The molecule has 0 radical (unpaired) electrons. The summed E-state index contributed by atoms with van der Waals surface area (Å²) < 4.78 is 5.24. The molecule has 0 spiro atoms. The molecule has 2 aliphatic rings. The molecule has 0 aromatic heterocycles. The molecule has 1 aromatic carbocycles. The molecule has 3 rings (SSSR count). The van der Waals surface area contributed by atoms with Crippen molar-refractivity contribution in [2.24, 2.45) is 5.92 Å². The number of hydrogen-bond donors (Lipinski definition) is 0. The molecule has 6 nitrogen and oxygen atoms in total. The largest absolute Gasteiger partial charge is 0.497 e. The lowest BCUT2D eigenvalue weighted by Crippen LogP contribution is -2.57. The van der Waals surface area contributed by atoms with Crippen LogP contribution in [0.3, 0.4) is 0 Å². The van der Waals surface area contributed by atoms with Gasteiger partial charge < -0.3 is 19.4 Å². The first kappa shape index (κ1) is 19.7. The van der Waals surface area contributed by atoms with Gasteiger partial charge in [-0.15, -0.1) is 0 Å². The summed E-state index contributed by atoms with van der Waals surface area (Å²) in [6.45, 7) is 3.25. The molecule has 2 amide bonds. The average molecular weight is 373 g/mol. The van der Waals surface area contributed by atoms with E-state index in [4.69, 9.17) is 4.74 Å². The summed E-state index contributed by atoms with van der Waals surface area (Å²) in [6, 6.07) is 7.62. The van der Waals surface area contributed by atoms with Crippen LogP contribution in [0.2, 0.25) is 0 Å². The summed E-state index contributed by atoms with van der Waals surface area (Å²) in [5, 5.41) is 0. The number of nitrogens with zero attached hydrogens (tertiary/aromatic N) is 3. The fraction of sp³-hybridized carbons (Fsp3) is 0.619. The summed E-state index contributed by atoms with van der Waals surface area (Å²) in [5.74, 6) is 1.42. The number of rotatable bonds is 6. The first-order valence-electron chi connectivity index (χ1n) is 9.87. The van der Waals surface area contributed by atoms with Crippen molar-refractivity contribution >= 4 is 11.8 Å². The number of carbonyl (C=O) groups is 2. The van der Waals surface area contributed by atoms with Crippen LogP contribution in [0.5, 0.6) is 5.75 Å². The molecule has 6 heteroatoms. The van der Waals surface area contributed by atoms with E-state index in [-0.39, 0.29) is 17.9 Å². The number of amides is 2. The molecule has 0 aliphatic carbocycles. The van der Waals surface area contributed by atoms with Crippen molar-refractivity contribution in [3.05, 3.63) is 29.8 Å². The van der Waals surface area contributed by atoms with E-state index in [1.165, 1.54) is 0 Å². The van der Waals surface area contributed by atoms with Crippen molar-refractivity contribution in [2.45, 2.75) is 31.7 Å². The zero-order chi connectivity index (χ0) is 19.4. The van der Waals surface area contributed by atoms with Gasteiger partial charge in [-0.3, -0.25) is 9.59 Å². The van der Waals surface area contributed by atoms with Gasteiger partial charge in [0.1, 0.15) is 5.75 Å². The first-order valence-corrected chi connectivity index (χ1v) is 9.87. The Kier molecular flexibility index (Phi) is 6.37. The number of benzene rings is 1. The zero-order valence-electron chi connectivity index (χ0n) is 16.7. The average Bonchev–Trinajstić information content (AvgIpc) is 2.68. The Hall–Kier alpha value is -2.08. The Morgan fingerprint density at radius 1 is 1.30 bits per heavy atom. The van der Waals surface area contributed by atoms with Gasteiger partial charge in [-0.05, 0) is 64.0 Å². The van der Waals surface area contributed by atoms with Crippen LogP contribution in [0, 0.1) is 5.92 Å². The maximum absolute atomic E-state index is 12.9. The van der Waals surface area contributed by atoms with Gasteiger partial charge in [-0.2, -0.15) is 0 Å². The maximum Gasteiger partial charge on any atom is 0.253 e. The SMILES string of the molecule is COc1cccc(C(=O)N2CC[C@H]3[C@H](CCC(=O)N3CCCN(C)C)C2)c1. The summed E-state index contributed by atoms with van der Waals surface area (Å²) >= 11 is 0. The molecule has 0 unspecified atom stereocenters. The number of hydrogen-bond acceptors (Lipinski definition) is 4. The van der Waals surface area contributed by atoms with Crippen LogP contribution in [-0.4, -0.2) is 79.9 Å². The van der Waals surface area contributed by atoms with Crippen LogP contribution in [0.25, 0.3) is 0 Å². The zero-order valence-corrected chi connectivity index (χ0v) is 16.7. The van der Waals surface area contributed by atoms with E-state index in [1.54, 1.807) is 13.2 Å². The number of piperidine rings is 2. The summed E-state index contributed by atoms with van der Waals surface area (Å²) in [6.07, 6.45) is 3.35. The van der Waals surface area contributed by atoms with Gasteiger partial charge in [-0.1, -0.05) is 6.07 Å². The highest BCUT2D eigenvalue weighted by molar-refractivity contribution is 5.94. The maximum atomic E-state index is 12.9. The molecule has 2 heterocycles. The highest BCUT2D eigenvalue weighted by Crippen LogP contribution is 2.32. The van der Waals surface area contributed by atoms with Crippen LogP contribution in [0.1, 0.15) is 36.0 Å². The van der Waals surface area contributed by atoms with Crippen molar-refractivity contribution in [1.29, 1.82) is 0 Å². The van der Waals surface area contributed by atoms with Crippen molar-refractivity contribution in [3.8, 4) is 5.75 Å². The second kappa shape index (κ2) is 8.74. The molecule has 2 saturated heterocycles. The Labute approximate surface area is 162 Å². The Bertz CT molecular complexity index is 676. The molecule has 0 saturated carbocycles. The third-order valence-corrected chi connectivity index (χ3v) is 5.75. The van der Waals surface area contributed by atoms with Gasteiger partial charge in [0.05, 0.1) is 7.11 Å². The van der Waals surface area contributed by atoms with E-state index in [2.05, 4.69) is 23.9 Å². The second-order valence-electron chi connectivity index (χ2n) is 7.88. The minimum atomic E-state index is 0.0587. The smallest absolute Gasteiger partial charge is 0.253 e. The fourth-order valence-electron chi connectivity index (χ4n) is 4.32. The molecule has 0 bridgehead atoms. The number of ether oxygens (including phenoxy) is 1. The first-order chi connectivity index (χ1) is 13.0. The lowest BCUT2D eigenvalue weighted by Gasteiger charge is -2.47. The van der Waals surface area contributed by atoms with Gasteiger partial charge in [0.15, 0.2) is 0 Å². The quantitative estimate of drug-likeness (QED) is 0.766. The minimum Gasteiger partial charge on any atom is -0.497 e. The molecule has 1 aromatic rings. The van der Waals surface area contributed by atoms with E-state index in [9.17, 15) is 9.59 Å². The normalized spacial score (nSPS) is 22.7. The van der Waals surface area contributed by atoms with E-state index in [0.717, 1.165) is 38.9 Å². The summed E-state index contributed by atoms with van der Waals surface area (Å²) in [5.41, 5.74) is 0.669. The van der Waals surface area contributed by atoms with E-state index in [1.807, 2.05) is 23.1 Å². The third-order valence-electron chi connectivity index (χ3n) is 5.75. The van der Waals surface area contributed by atoms with Crippen LogP contribution in [0.4, 0.5) is 0 Å². The Morgan fingerprint density at radius 3 is 2.85 bits per heavy atom. The van der Waals surface area contributed by atoms with Gasteiger partial charge in [-0.25, -0.2) is 0 Å². The van der Waals surface area contributed by atoms with E-state index in [0.29, 0.717) is 30.2 Å². The number of methoxy groups -OCH3 is 1. The monoisotopic (exact) mass is 373 g/mol. The third kappa shape index (κ3) is 4.61. The molecular formula is C21H31N3O3. The molecule has 148 valence electrons. The Morgan fingerprint density at radius 2 is 2.11 bits per heavy atom. The van der Waals surface area contributed by atoms with Crippen LogP contribution in [0.15, 0.2) is 24.3 Å². The highest BCUT2D eigenvalue weighted by atomic mass is 16.5. The Balaban J connectivity index is 1.63. The van der Waals surface area contributed by atoms with E-state index < -0.39 is 0 Å². The predicted octanol–water partition coefficient (Wildman–Crippen LogP) is 2.10. The van der Waals surface area contributed by atoms with Gasteiger partial charge in [0, 0.05) is 37.7 Å².